The van der Waals surface area contributed by atoms with Crippen LogP contribution in [0, 0.1) is 5.82 Å². The molecule has 1 heterocycles. The first-order valence-corrected chi connectivity index (χ1v) is 8.63. The molecule has 0 radical (unpaired) electrons. The van der Waals surface area contributed by atoms with Crippen molar-refractivity contribution in [2.75, 3.05) is 20.2 Å². The van der Waals surface area contributed by atoms with Crippen molar-refractivity contribution < 1.29 is 18.8 Å². The molecule has 1 aliphatic heterocycles. The number of rotatable bonds is 7. The van der Waals surface area contributed by atoms with Gasteiger partial charge in [-0.15, -0.1) is 6.58 Å². The summed E-state index contributed by atoms with van der Waals surface area (Å²) in [5.74, 6) is 0.0604. The first kappa shape index (κ1) is 18.6. The number of nitrogens with zero attached hydrogens (tertiary/aromatic N) is 2. The van der Waals surface area contributed by atoms with Crippen LogP contribution >= 0.6 is 0 Å². The van der Waals surface area contributed by atoms with E-state index < -0.39 is 5.82 Å². The van der Waals surface area contributed by atoms with E-state index in [1.165, 1.54) is 18.2 Å². The summed E-state index contributed by atoms with van der Waals surface area (Å²) >= 11 is 0. The van der Waals surface area contributed by atoms with E-state index in [0.29, 0.717) is 25.1 Å². The van der Waals surface area contributed by atoms with Gasteiger partial charge in [-0.1, -0.05) is 17.3 Å². The van der Waals surface area contributed by atoms with Crippen LogP contribution in [-0.4, -0.2) is 42.8 Å². The molecule has 6 heteroatoms. The molecular weight excluding hydrogens is 347 g/mol. The van der Waals surface area contributed by atoms with E-state index >= 15 is 0 Å². The van der Waals surface area contributed by atoms with Crippen LogP contribution in [0.25, 0.3) is 0 Å². The molecule has 2 aromatic carbocycles. The molecule has 0 fully saturated rings. The number of halogens is 1. The van der Waals surface area contributed by atoms with Crippen LogP contribution in [0.3, 0.4) is 0 Å². The molecule has 5 nitrogen and oxygen atoms in total. The fraction of sp³-hybridized carbons (Fsp3) is 0.238. The Balaban J connectivity index is 1.65. The van der Waals surface area contributed by atoms with E-state index in [2.05, 4.69) is 11.7 Å². The van der Waals surface area contributed by atoms with Gasteiger partial charge in [0.2, 0.25) is 0 Å². The maximum Gasteiger partial charge on any atom is 0.254 e. The quantitative estimate of drug-likeness (QED) is 0.701. The smallest absolute Gasteiger partial charge is 0.254 e. The molecule has 140 valence electrons. The Labute approximate surface area is 157 Å². The normalized spacial score (nSPS) is 15.6. The van der Waals surface area contributed by atoms with Crippen LogP contribution in [0.2, 0.25) is 0 Å². The van der Waals surface area contributed by atoms with Crippen molar-refractivity contribution in [1.29, 1.82) is 0 Å². The van der Waals surface area contributed by atoms with Gasteiger partial charge >= 0.3 is 0 Å². The number of hydrogen-bond acceptors (Lipinski definition) is 4. The molecule has 1 amide bonds. The van der Waals surface area contributed by atoms with Gasteiger partial charge in [-0.05, 0) is 48.0 Å². The van der Waals surface area contributed by atoms with Gasteiger partial charge < -0.3 is 14.5 Å². The summed E-state index contributed by atoms with van der Waals surface area (Å²) in [6, 6.07) is 13.2. The highest BCUT2D eigenvalue weighted by Gasteiger charge is 2.27. The van der Waals surface area contributed by atoms with E-state index in [1.807, 2.05) is 24.3 Å². The number of hydrogen-bond donors (Lipinski definition) is 0. The molecule has 0 saturated heterocycles. The standard InChI is InChI=1S/C21H21FN2O3/c1-3-11-24(21(25)16-5-4-6-17(22)12-16)14-19-13-20(23-27-19)15-7-9-18(26-2)10-8-15/h3-10,12,19H,1,11,13-14H2,2H3/t19-/m1/s1. The number of oxime groups is 1. The van der Waals surface area contributed by atoms with Gasteiger partial charge in [0.05, 0.1) is 19.4 Å². The molecule has 0 unspecified atom stereocenters. The highest BCUT2D eigenvalue weighted by atomic mass is 19.1. The third-order valence-corrected chi connectivity index (χ3v) is 4.29. The molecule has 0 N–H and O–H groups in total. The lowest BCUT2D eigenvalue weighted by atomic mass is 10.0. The zero-order chi connectivity index (χ0) is 19.2. The van der Waals surface area contributed by atoms with Crippen molar-refractivity contribution >= 4 is 11.6 Å². The molecule has 2 aromatic rings. The Morgan fingerprint density at radius 2 is 2.15 bits per heavy atom. The van der Waals surface area contributed by atoms with Gasteiger partial charge in [0.25, 0.3) is 5.91 Å². The van der Waals surface area contributed by atoms with Gasteiger partial charge in [-0.3, -0.25) is 4.79 Å². The average molecular weight is 368 g/mol. The van der Waals surface area contributed by atoms with Crippen LogP contribution in [0.5, 0.6) is 5.75 Å². The van der Waals surface area contributed by atoms with Crippen LogP contribution < -0.4 is 4.74 Å². The number of benzene rings is 2. The lowest BCUT2D eigenvalue weighted by Gasteiger charge is -2.23. The predicted molar refractivity (Wildman–Crippen MR) is 102 cm³/mol. The molecule has 0 aromatic heterocycles. The second-order valence-corrected chi connectivity index (χ2v) is 6.21. The zero-order valence-corrected chi connectivity index (χ0v) is 15.1. The molecule has 0 aliphatic carbocycles. The topological polar surface area (TPSA) is 51.1 Å². The fourth-order valence-corrected chi connectivity index (χ4v) is 2.93. The Morgan fingerprint density at radius 1 is 1.37 bits per heavy atom. The minimum Gasteiger partial charge on any atom is -0.497 e. The van der Waals surface area contributed by atoms with Crippen molar-refractivity contribution in [3.05, 3.63) is 78.1 Å². The molecule has 0 spiro atoms. The van der Waals surface area contributed by atoms with Gasteiger partial charge in [-0.25, -0.2) is 4.39 Å². The predicted octanol–water partition coefficient (Wildman–Crippen LogP) is 3.66. The van der Waals surface area contributed by atoms with E-state index in [-0.39, 0.29) is 12.0 Å². The summed E-state index contributed by atoms with van der Waals surface area (Å²) in [5.41, 5.74) is 2.07. The number of carbonyl (C=O) groups is 1. The molecule has 1 aliphatic rings. The van der Waals surface area contributed by atoms with Crippen LogP contribution in [0.1, 0.15) is 22.3 Å². The Kier molecular flexibility index (Phi) is 5.86. The van der Waals surface area contributed by atoms with E-state index in [9.17, 15) is 9.18 Å². The average Bonchev–Trinajstić information content (AvgIpc) is 3.16. The summed E-state index contributed by atoms with van der Waals surface area (Å²) in [5, 5.41) is 4.15. The zero-order valence-electron chi connectivity index (χ0n) is 15.1. The first-order chi connectivity index (χ1) is 13.1. The lowest BCUT2D eigenvalue weighted by molar-refractivity contribution is 0.0449. The SMILES string of the molecule is C=CCN(C[C@H]1CC(c2ccc(OC)cc2)=NO1)C(=O)c1cccc(F)c1. The monoisotopic (exact) mass is 368 g/mol. The van der Waals surface area contributed by atoms with Crippen LogP contribution in [0.15, 0.2) is 66.3 Å². The van der Waals surface area contributed by atoms with Crippen molar-refractivity contribution in [3.8, 4) is 5.75 Å². The van der Waals surface area contributed by atoms with Crippen molar-refractivity contribution in [3.63, 3.8) is 0 Å². The van der Waals surface area contributed by atoms with E-state index in [0.717, 1.165) is 17.0 Å². The van der Waals surface area contributed by atoms with Gasteiger partial charge in [0.15, 0.2) is 6.10 Å². The summed E-state index contributed by atoms with van der Waals surface area (Å²) < 4.78 is 18.6. The Morgan fingerprint density at radius 3 is 2.81 bits per heavy atom. The van der Waals surface area contributed by atoms with E-state index in [1.54, 1.807) is 24.2 Å². The summed E-state index contributed by atoms with van der Waals surface area (Å²) in [4.78, 5) is 19.8. The van der Waals surface area contributed by atoms with Crippen molar-refractivity contribution in [2.24, 2.45) is 5.16 Å². The second-order valence-electron chi connectivity index (χ2n) is 6.21. The molecule has 3 rings (SSSR count). The Hall–Kier alpha value is -3.15. The number of methoxy groups -OCH3 is 1. The fourth-order valence-electron chi connectivity index (χ4n) is 2.93. The number of carbonyl (C=O) groups excluding carboxylic acids is 1. The van der Waals surface area contributed by atoms with Crippen molar-refractivity contribution in [2.45, 2.75) is 12.5 Å². The van der Waals surface area contributed by atoms with Gasteiger partial charge in [0.1, 0.15) is 11.6 Å². The number of amides is 1. The number of ether oxygens (including phenoxy) is 1. The third-order valence-electron chi connectivity index (χ3n) is 4.29. The first-order valence-electron chi connectivity index (χ1n) is 8.63. The highest BCUT2D eigenvalue weighted by molar-refractivity contribution is 6.01. The minimum absolute atomic E-state index is 0.264. The summed E-state index contributed by atoms with van der Waals surface area (Å²) in [6.07, 6.45) is 1.95. The van der Waals surface area contributed by atoms with Crippen LogP contribution in [0.4, 0.5) is 4.39 Å². The summed E-state index contributed by atoms with van der Waals surface area (Å²) in [7, 11) is 1.62. The third kappa shape index (κ3) is 4.53. The molecule has 27 heavy (non-hydrogen) atoms. The second kappa shape index (κ2) is 8.49. The van der Waals surface area contributed by atoms with Crippen LogP contribution in [-0.2, 0) is 4.84 Å². The molecule has 1 atom stereocenters. The van der Waals surface area contributed by atoms with Gasteiger partial charge in [0, 0.05) is 18.5 Å². The Bertz CT molecular complexity index is 849. The molecule has 0 saturated carbocycles. The lowest BCUT2D eigenvalue weighted by Crippen LogP contribution is -2.37. The highest BCUT2D eigenvalue weighted by Crippen LogP contribution is 2.20. The maximum absolute atomic E-state index is 13.4. The van der Waals surface area contributed by atoms with Crippen molar-refractivity contribution in [1.82, 2.24) is 4.90 Å². The maximum atomic E-state index is 13.4. The van der Waals surface area contributed by atoms with Gasteiger partial charge in [-0.2, -0.15) is 0 Å². The largest absolute Gasteiger partial charge is 0.497 e. The summed E-state index contributed by atoms with van der Waals surface area (Å²) in [6.45, 7) is 4.38. The van der Waals surface area contributed by atoms with E-state index in [4.69, 9.17) is 9.57 Å². The minimum atomic E-state index is -0.443. The molecule has 0 bridgehead atoms. The molecular formula is C21H21FN2O3.